The van der Waals surface area contributed by atoms with Gasteiger partial charge in [-0.3, -0.25) is 15.0 Å². The Morgan fingerprint density at radius 2 is 1.73 bits per heavy atom. The second kappa shape index (κ2) is 8.93. The van der Waals surface area contributed by atoms with E-state index in [9.17, 15) is 9.59 Å². The number of rotatable bonds is 4. The SMILES string of the molecule is C[C@H](C(=O)NC(=O)NC1CCCCC1)N1CCN(c2ncccn2)CC1. The van der Waals surface area contributed by atoms with Crippen LogP contribution < -0.4 is 15.5 Å². The lowest BCUT2D eigenvalue weighted by atomic mass is 9.96. The number of piperazine rings is 1. The van der Waals surface area contributed by atoms with Crippen LogP contribution in [0.1, 0.15) is 39.0 Å². The van der Waals surface area contributed by atoms with Crippen LogP contribution in [0.25, 0.3) is 0 Å². The third-order valence-electron chi connectivity index (χ3n) is 5.25. The predicted molar refractivity (Wildman–Crippen MR) is 98.8 cm³/mol. The molecule has 0 bridgehead atoms. The molecule has 3 rings (SSSR count). The van der Waals surface area contributed by atoms with Gasteiger partial charge in [0.15, 0.2) is 0 Å². The monoisotopic (exact) mass is 360 g/mol. The van der Waals surface area contributed by atoms with E-state index in [0.29, 0.717) is 0 Å². The zero-order valence-electron chi connectivity index (χ0n) is 15.4. The van der Waals surface area contributed by atoms with Crippen LogP contribution in [0, 0.1) is 0 Å². The molecule has 26 heavy (non-hydrogen) atoms. The van der Waals surface area contributed by atoms with Crippen molar-refractivity contribution in [3.05, 3.63) is 18.5 Å². The molecular formula is C18H28N6O2. The lowest BCUT2D eigenvalue weighted by Gasteiger charge is -2.37. The third kappa shape index (κ3) is 4.91. The van der Waals surface area contributed by atoms with Gasteiger partial charge in [-0.2, -0.15) is 0 Å². The second-order valence-electron chi connectivity index (χ2n) is 7.05. The number of carbonyl (C=O) groups excluding carboxylic acids is 2. The molecule has 0 radical (unpaired) electrons. The van der Waals surface area contributed by atoms with Gasteiger partial charge in [0.1, 0.15) is 0 Å². The molecule has 8 heteroatoms. The van der Waals surface area contributed by atoms with Gasteiger partial charge in [0.25, 0.3) is 0 Å². The van der Waals surface area contributed by atoms with E-state index >= 15 is 0 Å². The topological polar surface area (TPSA) is 90.5 Å². The highest BCUT2D eigenvalue weighted by Gasteiger charge is 2.27. The normalized spacial score (nSPS) is 20.4. The average molecular weight is 360 g/mol. The fraction of sp³-hybridized carbons (Fsp3) is 0.667. The molecule has 2 heterocycles. The van der Waals surface area contributed by atoms with E-state index in [1.54, 1.807) is 18.5 Å². The Balaban J connectivity index is 1.43. The summed E-state index contributed by atoms with van der Waals surface area (Å²) in [5.41, 5.74) is 0. The molecule has 0 unspecified atom stereocenters. The summed E-state index contributed by atoms with van der Waals surface area (Å²) in [5.74, 6) is 0.471. The molecule has 3 amide bonds. The van der Waals surface area contributed by atoms with Crippen LogP contribution in [0.4, 0.5) is 10.7 Å². The molecule has 0 spiro atoms. The summed E-state index contributed by atoms with van der Waals surface area (Å²) in [4.78, 5) is 37.2. The van der Waals surface area contributed by atoms with Crippen molar-refractivity contribution < 1.29 is 9.59 Å². The molecule has 1 aliphatic heterocycles. The third-order valence-corrected chi connectivity index (χ3v) is 5.25. The summed E-state index contributed by atoms with van der Waals surface area (Å²) >= 11 is 0. The molecule has 1 aromatic heterocycles. The summed E-state index contributed by atoms with van der Waals surface area (Å²) in [7, 11) is 0. The van der Waals surface area contributed by atoms with Crippen LogP contribution >= 0.6 is 0 Å². The predicted octanol–water partition coefficient (Wildman–Crippen LogP) is 1.15. The maximum atomic E-state index is 12.4. The highest BCUT2D eigenvalue weighted by Crippen LogP contribution is 2.17. The van der Waals surface area contributed by atoms with E-state index in [-0.39, 0.29) is 24.0 Å². The summed E-state index contributed by atoms with van der Waals surface area (Å²) < 4.78 is 0. The average Bonchev–Trinajstić information content (AvgIpc) is 2.69. The van der Waals surface area contributed by atoms with Gasteiger partial charge >= 0.3 is 6.03 Å². The minimum atomic E-state index is -0.370. The van der Waals surface area contributed by atoms with Gasteiger partial charge in [0, 0.05) is 44.6 Å². The van der Waals surface area contributed by atoms with Crippen LogP contribution in [0.15, 0.2) is 18.5 Å². The van der Waals surface area contributed by atoms with E-state index in [1.165, 1.54) is 6.42 Å². The fourth-order valence-electron chi connectivity index (χ4n) is 3.61. The van der Waals surface area contributed by atoms with E-state index in [4.69, 9.17) is 0 Å². The van der Waals surface area contributed by atoms with Crippen LogP contribution in [0.2, 0.25) is 0 Å². The Morgan fingerprint density at radius 1 is 1.08 bits per heavy atom. The van der Waals surface area contributed by atoms with Crippen molar-refractivity contribution in [3.8, 4) is 0 Å². The van der Waals surface area contributed by atoms with Crippen LogP contribution in [0.5, 0.6) is 0 Å². The fourth-order valence-corrected chi connectivity index (χ4v) is 3.61. The van der Waals surface area contributed by atoms with Crippen molar-refractivity contribution in [1.29, 1.82) is 0 Å². The molecule has 1 saturated carbocycles. The van der Waals surface area contributed by atoms with Gasteiger partial charge in [-0.1, -0.05) is 19.3 Å². The van der Waals surface area contributed by atoms with Crippen molar-refractivity contribution in [3.63, 3.8) is 0 Å². The first kappa shape index (κ1) is 18.6. The molecule has 142 valence electrons. The molecule has 2 fully saturated rings. The first-order valence-electron chi connectivity index (χ1n) is 9.51. The zero-order valence-corrected chi connectivity index (χ0v) is 15.4. The minimum absolute atomic E-state index is 0.196. The molecule has 8 nitrogen and oxygen atoms in total. The molecule has 1 saturated heterocycles. The number of anilines is 1. The maximum absolute atomic E-state index is 12.4. The Kier molecular flexibility index (Phi) is 6.38. The van der Waals surface area contributed by atoms with Gasteiger partial charge in [-0.15, -0.1) is 0 Å². The quantitative estimate of drug-likeness (QED) is 0.837. The Labute approximate surface area is 154 Å². The number of nitrogens with one attached hydrogen (secondary N) is 2. The number of amides is 3. The van der Waals surface area contributed by atoms with Crippen LogP contribution in [-0.4, -0.2) is 65.1 Å². The highest BCUT2D eigenvalue weighted by molar-refractivity contribution is 5.96. The van der Waals surface area contributed by atoms with Crippen LogP contribution in [0.3, 0.4) is 0 Å². The van der Waals surface area contributed by atoms with Crippen molar-refractivity contribution in [2.45, 2.75) is 51.1 Å². The molecule has 0 aromatic carbocycles. The van der Waals surface area contributed by atoms with Crippen molar-refractivity contribution in [2.75, 3.05) is 31.1 Å². The highest BCUT2D eigenvalue weighted by atomic mass is 16.2. The summed E-state index contributed by atoms with van der Waals surface area (Å²) in [5, 5.41) is 5.42. The number of hydrogen-bond acceptors (Lipinski definition) is 6. The smallest absolute Gasteiger partial charge is 0.321 e. The molecule has 1 aliphatic carbocycles. The molecule has 1 atom stereocenters. The second-order valence-corrected chi connectivity index (χ2v) is 7.05. The van der Waals surface area contributed by atoms with Gasteiger partial charge in [-0.25, -0.2) is 14.8 Å². The number of nitrogens with zero attached hydrogens (tertiary/aromatic N) is 4. The number of urea groups is 1. The Morgan fingerprint density at radius 3 is 2.38 bits per heavy atom. The molecule has 2 aliphatic rings. The first-order valence-corrected chi connectivity index (χ1v) is 9.51. The Bertz CT molecular complexity index is 597. The Hall–Kier alpha value is -2.22. The van der Waals surface area contributed by atoms with E-state index < -0.39 is 0 Å². The van der Waals surface area contributed by atoms with Gasteiger partial charge in [0.05, 0.1) is 6.04 Å². The minimum Gasteiger partial charge on any atom is -0.338 e. The molecule has 1 aromatic rings. The number of aromatic nitrogens is 2. The van der Waals surface area contributed by atoms with Crippen molar-refractivity contribution in [2.24, 2.45) is 0 Å². The maximum Gasteiger partial charge on any atom is 0.321 e. The number of hydrogen-bond donors (Lipinski definition) is 2. The van der Waals surface area contributed by atoms with Gasteiger partial charge < -0.3 is 10.2 Å². The molecule has 2 N–H and O–H groups in total. The summed E-state index contributed by atoms with van der Waals surface area (Å²) in [6, 6.07) is 1.28. The summed E-state index contributed by atoms with van der Waals surface area (Å²) in [6.07, 6.45) is 8.98. The van der Waals surface area contributed by atoms with E-state index in [1.807, 2.05) is 6.92 Å². The lowest BCUT2D eigenvalue weighted by Crippen LogP contribution is -2.56. The van der Waals surface area contributed by atoms with E-state index in [0.717, 1.165) is 57.8 Å². The number of carbonyl (C=O) groups is 2. The van der Waals surface area contributed by atoms with Gasteiger partial charge in [-0.05, 0) is 25.8 Å². The zero-order chi connectivity index (χ0) is 18.4. The molecular weight excluding hydrogens is 332 g/mol. The largest absolute Gasteiger partial charge is 0.338 e. The van der Waals surface area contributed by atoms with Crippen molar-refractivity contribution in [1.82, 2.24) is 25.5 Å². The van der Waals surface area contributed by atoms with E-state index in [2.05, 4.69) is 30.4 Å². The van der Waals surface area contributed by atoms with Gasteiger partial charge in [0.2, 0.25) is 11.9 Å². The summed E-state index contributed by atoms with van der Waals surface area (Å²) in [6.45, 7) is 4.83. The standard InChI is InChI=1S/C18H28N6O2/c1-14(16(25)22-18(26)21-15-6-3-2-4-7-15)23-10-12-24(13-11-23)17-19-8-5-9-20-17/h5,8-9,14-15H,2-4,6-7,10-13H2,1H3,(H2,21,22,25,26)/t14-/m1/s1. The lowest BCUT2D eigenvalue weighted by molar-refractivity contribution is -0.124. The first-order chi connectivity index (χ1) is 12.6. The van der Waals surface area contributed by atoms with Crippen LogP contribution in [-0.2, 0) is 4.79 Å². The van der Waals surface area contributed by atoms with Crippen molar-refractivity contribution >= 4 is 17.9 Å². The number of imide groups is 1.